The van der Waals surface area contributed by atoms with Gasteiger partial charge in [0.05, 0.1) is 5.70 Å². The molecule has 1 aromatic heterocycles. The predicted molar refractivity (Wildman–Crippen MR) is 64.1 cm³/mol. The van der Waals surface area contributed by atoms with Crippen molar-refractivity contribution >= 4 is 17.3 Å². The molecule has 96 valence electrons. The molecule has 0 unspecified atom stereocenters. The van der Waals surface area contributed by atoms with E-state index in [-0.39, 0.29) is 28.9 Å². The minimum atomic E-state index is -0.223. The summed E-state index contributed by atoms with van der Waals surface area (Å²) in [5.74, 6) is -0.239. The fourth-order valence-electron chi connectivity index (χ4n) is 2.82. The number of nitrogens with zero attached hydrogens (tertiary/aromatic N) is 3. The van der Waals surface area contributed by atoms with E-state index >= 15 is 0 Å². The van der Waals surface area contributed by atoms with Crippen molar-refractivity contribution in [2.24, 2.45) is 0 Å². The molecule has 1 aliphatic carbocycles. The van der Waals surface area contributed by atoms with Crippen molar-refractivity contribution < 1.29 is 14.4 Å². The van der Waals surface area contributed by atoms with Crippen molar-refractivity contribution in [2.75, 3.05) is 13.1 Å². The zero-order valence-electron chi connectivity index (χ0n) is 10.4. The lowest BCUT2D eigenvalue weighted by atomic mass is 9.95. The number of Topliss-reactive ketones (excluding diaryl/α,β-unsaturated/α-hetero) is 3. The highest BCUT2D eigenvalue weighted by molar-refractivity contribution is 6.26. The number of imidazole rings is 1. The van der Waals surface area contributed by atoms with Gasteiger partial charge in [-0.15, -0.1) is 0 Å². The fraction of sp³-hybridized carbons (Fsp3) is 0.385. The highest BCUT2D eigenvalue weighted by Crippen LogP contribution is 2.33. The number of rotatable bonds is 1. The van der Waals surface area contributed by atoms with Crippen LogP contribution in [0.1, 0.15) is 44.9 Å². The van der Waals surface area contributed by atoms with Gasteiger partial charge >= 0.3 is 0 Å². The van der Waals surface area contributed by atoms with Gasteiger partial charge in [0.1, 0.15) is 11.4 Å². The van der Waals surface area contributed by atoms with Gasteiger partial charge in [-0.1, -0.05) is 0 Å². The maximum Gasteiger partial charge on any atom is 0.230 e. The standard InChI is InChI=1S/C13H11N3O3/c1-6-9(15-4-5-15)12(19)8-10(11(6)18)16-3-2-7(17)13(16)14-8/h2-5H2,1H3. The molecule has 0 atom stereocenters. The second-order valence-electron chi connectivity index (χ2n) is 5.08. The molecule has 0 radical (unpaired) electrons. The summed E-state index contributed by atoms with van der Waals surface area (Å²) in [5.41, 5.74) is 1.38. The first kappa shape index (κ1) is 10.7. The second-order valence-corrected chi connectivity index (χ2v) is 5.08. The Morgan fingerprint density at radius 3 is 2.47 bits per heavy atom. The van der Waals surface area contributed by atoms with Crippen molar-refractivity contribution in [1.82, 2.24) is 14.5 Å². The third kappa shape index (κ3) is 1.21. The van der Waals surface area contributed by atoms with Gasteiger partial charge in [0.15, 0.2) is 11.6 Å². The van der Waals surface area contributed by atoms with E-state index in [1.54, 1.807) is 11.5 Å². The highest BCUT2D eigenvalue weighted by Gasteiger charge is 2.42. The number of ketones is 3. The summed E-state index contributed by atoms with van der Waals surface area (Å²) in [6, 6.07) is 0. The van der Waals surface area contributed by atoms with Crippen LogP contribution in [0.5, 0.6) is 0 Å². The van der Waals surface area contributed by atoms with Crippen LogP contribution < -0.4 is 0 Å². The molecule has 0 saturated carbocycles. The van der Waals surface area contributed by atoms with Gasteiger partial charge in [0.25, 0.3) is 0 Å². The van der Waals surface area contributed by atoms with Gasteiger partial charge in [-0.3, -0.25) is 14.4 Å². The van der Waals surface area contributed by atoms with Crippen molar-refractivity contribution in [2.45, 2.75) is 19.9 Å². The summed E-state index contributed by atoms with van der Waals surface area (Å²) < 4.78 is 1.60. The van der Waals surface area contributed by atoms with E-state index in [2.05, 4.69) is 4.98 Å². The van der Waals surface area contributed by atoms with Crippen molar-refractivity contribution in [3.8, 4) is 0 Å². The van der Waals surface area contributed by atoms with Crippen LogP contribution in [0.25, 0.3) is 0 Å². The van der Waals surface area contributed by atoms with Crippen LogP contribution in [-0.2, 0) is 6.54 Å². The first-order valence-corrected chi connectivity index (χ1v) is 6.28. The molecule has 0 amide bonds. The van der Waals surface area contributed by atoms with Crippen LogP contribution in [0.2, 0.25) is 0 Å². The monoisotopic (exact) mass is 257 g/mol. The Morgan fingerprint density at radius 2 is 1.79 bits per heavy atom. The first-order valence-electron chi connectivity index (χ1n) is 6.28. The molecule has 19 heavy (non-hydrogen) atoms. The zero-order valence-corrected chi connectivity index (χ0v) is 10.4. The molecular weight excluding hydrogens is 246 g/mol. The molecule has 3 aliphatic rings. The minimum Gasteiger partial charge on any atom is -0.364 e. The summed E-state index contributed by atoms with van der Waals surface area (Å²) in [7, 11) is 0. The van der Waals surface area contributed by atoms with Gasteiger partial charge in [0.2, 0.25) is 11.6 Å². The van der Waals surface area contributed by atoms with Gasteiger partial charge in [-0.2, -0.15) is 0 Å². The molecule has 4 rings (SSSR count). The van der Waals surface area contributed by atoms with E-state index in [4.69, 9.17) is 0 Å². The first-order chi connectivity index (χ1) is 9.09. The third-order valence-corrected chi connectivity index (χ3v) is 3.88. The highest BCUT2D eigenvalue weighted by atomic mass is 16.1. The Bertz CT molecular complexity index is 707. The summed E-state index contributed by atoms with van der Waals surface area (Å²) in [6.45, 7) is 3.72. The molecule has 6 heteroatoms. The average molecular weight is 257 g/mol. The van der Waals surface area contributed by atoms with Crippen LogP contribution in [0.3, 0.4) is 0 Å². The quantitative estimate of drug-likeness (QED) is 0.682. The molecule has 1 saturated heterocycles. The van der Waals surface area contributed by atoms with E-state index < -0.39 is 0 Å². The Hall–Kier alpha value is -2.24. The molecule has 2 aliphatic heterocycles. The molecule has 0 N–H and O–H groups in total. The number of carbonyl (C=O) groups is 3. The Labute approximate surface area is 108 Å². The summed E-state index contributed by atoms with van der Waals surface area (Å²) in [6.07, 6.45) is 0.360. The third-order valence-electron chi connectivity index (χ3n) is 3.88. The molecule has 0 bridgehead atoms. The van der Waals surface area contributed by atoms with Crippen LogP contribution in [0.15, 0.2) is 11.3 Å². The maximum atomic E-state index is 12.4. The zero-order chi connectivity index (χ0) is 13.3. The number of hydrogen-bond acceptors (Lipinski definition) is 5. The predicted octanol–water partition coefficient (Wildman–Crippen LogP) is 0.438. The second kappa shape index (κ2) is 3.20. The number of hydrogen-bond donors (Lipinski definition) is 0. The average Bonchev–Trinajstić information content (AvgIpc) is 3.03. The minimum absolute atomic E-state index is 0.0964. The molecular formula is C13H11N3O3. The van der Waals surface area contributed by atoms with E-state index in [1.165, 1.54) is 0 Å². The smallest absolute Gasteiger partial charge is 0.230 e. The maximum absolute atomic E-state index is 12.4. The number of allylic oxidation sites excluding steroid dienone is 2. The lowest BCUT2D eigenvalue weighted by molar-refractivity contribution is 0.0951. The van der Waals surface area contributed by atoms with Gasteiger partial charge in [0, 0.05) is 31.6 Å². The van der Waals surface area contributed by atoms with Crippen LogP contribution in [-0.4, -0.2) is 44.9 Å². The van der Waals surface area contributed by atoms with Crippen LogP contribution in [0, 0.1) is 0 Å². The normalized spacial score (nSPS) is 21.1. The number of fused-ring (bicyclic) bond motifs is 3. The summed E-state index contributed by atoms with van der Waals surface area (Å²) >= 11 is 0. The molecule has 3 heterocycles. The molecule has 1 aromatic rings. The SMILES string of the molecule is CC1=C(N2CC2)C(=O)c2nc3n(c2C1=O)CCC3=O. The van der Waals surface area contributed by atoms with Gasteiger partial charge in [-0.25, -0.2) is 4.98 Å². The number of aromatic nitrogens is 2. The van der Waals surface area contributed by atoms with E-state index in [0.717, 1.165) is 13.1 Å². The largest absolute Gasteiger partial charge is 0.364 e. The summed E-state index contributed by atoms with van der Waals surface area (Å²) in [5, 5.41) is 0. The summed E-state index contributed by atoms with van der Waals surface area (Å²) in [4.78, 5) is 42.5. The molecule has 0 aromatic carbocycles. The lowest BCUT2D eigenvalue weighted by Gasteiger charge is -2.17. The molecule has 0 spiro atoms. The van der Waals surface area contributed by atoms with Crippen LogP contribution >= 0.6 is 0 Å². The van der Waals surface area contributed by atoms with Crippen molar-refractivity contribution in [3.05, 3.63) is 28.5 Å². The van der Waals surface area contributed by atoms with E-state index in [1.807, 2.05) is 4.90 Å². The Balaban J connectivity index is 1.95. The fourth-order valence-corrected chi connectivity index (χ4v) is 2.82. The number of carbonyl (C=O) groups excluding carboxylic acids is 3. The van der Waals surface area contributed by atoms with E-state index in [0.29, 0.717) is 29.9 Å². The van der Waals surface area contributed by atoms with Crippen LogP contribution in [0.4, 0.5) is 0 Å². The topological polar surface area (TPSA) is 72.0 Å². The Morgan fingerprint density at radius 1 is 1.05 bits per heavy atom. The lowest BCUT2D eigenvalue weighted by Crippen LogP contribution is -2.26. The van der Waals surface area contributed by atoms with Crippen molar-refractivity contribution in [1.29, 1.82) is 0 Å². The Kier molecular flexibility index (Phi) is 1.80. The van der Waals surface area contributed by atoms with Gasteiger partial charge < -0.3 is 9.47 Å². The van der Waals surface area contributed by atoms with Gasteiger partial charge in [-0.05, 0) is 6.92 Å². The van der Waals surface area contributed by atoms with E-state index in [9.17, 15) is 14.4 Å². The van der Waals surface area contributed by atoms with Crippen molar-refractivity contribution in [3.63, 3.8) is 0 Å². The molecule has 6 nitrogen and oxygen atoms in total. The molecule has 1 fully saturated rings.